The van der Waals surface area contributed by atoms with Crippen molar-refractivity contribution in [3.8, 4) is 0 Å². The molecule has 0 atom stereocenters. The highest BCUT2D eigenvalue weighted by Crippen LogP contribution is 2.29. The smallest absolute Gasteiger partial charge is 0.329 e. The number of halogens is 2. The van der Waals surface area contributed by atoms with Crippen LogP contribution in [0.15, 0.2) is 24.4 Å². The van der Waals surface area contributed by atoms with E-state index in [1.165, 1.54) is 0 Å². The van der Waals surface area contributed by atoms with Gasteiger partial charge in [-0.1, -0.05) is 0 Å². The Kier molecular flexibility index (Phi) is 6.15. The van der Waals surface area contributed by atoms with Crippen molar-refractivity contribution >= 4 is 29.1 Å². The Bertz CT molecular complexity index is 899. The largest absolute Gasteiger partial charge is 0.466 e. The molecule has 0 spiro atoms. The summed E-state index contributed by atoms with van der Waals surface area (Å²) in [5.74, 6) is -2.07. The number of ether oxygens (including phenoxy) is 1. The van der Waals surface area contributed by atoms with E-state index in [-0.39, 0.29) is 29.3 Å². The molecule has 1 N–H and O–H groups in total. The standard InChI is InChI=1S/C18H19F2N5O4/c1-2-29-17(26)11-3-5-24(6-4-11)18-21-10-15(25(27)28)16(23-18)22-14-8-12(19)7-13(20)9-14/h7-11H,2-6H2,1H3,(H,21,22,23). The van der Waals surface area contributed by atoms with E-state index in [0.717, 1.165) is 18.3 Å². The highest BCUT2D eigenvalue weighted by molar-refractivity contribution is 5.73. The van der Waals surface area contributed by atoms with E-state index in [1.54, 1.807) is 11.8 Å². The summed E-state index contributed by atoms with van der Waals surface area (Å²) in [7, 11) is 0. The second-order valence-electron chi connectivity index (χ2n) is 6.46. The lowest BCUT2D eigenvalue weighted by Crippen LogP contribution is -2.38. The van der Waals surface area contributed by atoms with Crippen LogP contribution in [0, 0.1) is 27.7 Å². The Hall–Kier alpha value is -3.37. The number of esters is 1. The van der Waals surface area contributed by atoms with Gasteiger partial charge in [0.25, 0.3) is 0 Å². The number of carbonyl (C=O) groups is 1. The highest BCUT2D eigenvalue weighted by Gasteiger charge is 2.28. The topological polar surface area (TPSA) is 110 Å². The lowest BCUT2D eigenvalue weighted by Gasteiger charge is -2.30. The summed E-state index contributed by atoms with van der Waals surface area (Å²) in [5.41, 5.74) is -0.448. The maximum absolute atomic E-state index is 13.4. The zero-order valence-corrected chi connectivity index (χ0v) is 15.6. The minimum atomic E-state index is -0.828. The zero-order chi connectivity index (χ0) is 21.0. The molecule has 2 aromatic rings. The van der Waals surface area contributed by atoms with Gasteiger partial charge >= 0.3 is 11.7 Å². The third-order valence-electron chi connectivity index (χ3n) is 4.48. The van der Waals surface area contributed by atoms with Gasteiger partial charge < -0.3 is 15.0 Å². The van der Waals surface area contributed by atoms with Gasteiger partial charge in [0.2, 0.25) is 11.8 Å². The van der Waals surface area contributed by atoms with E-state index in [2.05, 4.69) is 15.3 Å². The van der Waals surface area contributed by atoms with E-state index < -0.39 is 22.2 Å². The van der Waals surface area contributed by atoms with E-state index in [1.807, 2.05) is 0 Å². The van der Waals surface area contributed by atoms with Crippen molar-refractivity contribution in [1.82, 2.24) is 9.97 Å². The molecule has 0 saturated carbocycles. The van der Waals surface area contributed by atoms with Gasteiger partial charge in [0, 0.05) is 24.8 Å². The van der Waals surface area contributed by atoms with Crippen molar-refractivity contribution in [2.24, 2.45) is 5.92 Å². The van der Waals surface area contributed by atoms with Gasteiger partial charge in [0.1, 0.15) is 17.8 Å². The van der Waals surface area contributed by atoms with Gasteiger partial charge in [0.05, 0.1) is 17.4 Å². The number of carbonyl (C=O) groups excluding carboxylic acids is 1. The summed E-state index contributed by atoms with van der Waals surface area (Å²) >= 11 is 0. The molecule has 0 bridgehead atoms. The molecule has 0 unspecified atom stereocenters. The molecule has 154 valence electrons. The predicted molar refractivity (Wildman–Crippen MR) is 99.9 cm³/mol. The highest BCUT2D eigenvalue weighted by atomic mass is 19.1. The van der Waals surface area contributed by atoms with Crippen molar-refractivity contribution in [2.75, 3.05) is 29.9 Å². The fourth-order valence-corrected chi connectivity index (χ4v) is 3.08. The van der Waals surface area contributed by atoms with Gasteiger partial charge in [0.15, 0.2) is 0 Å². The molecular weight excluding hydrogens is 388 g/mol. The summed E-state index contributed by atoms with van der Waals surface area (Å²) in [5, 5.41) is 13.9. The number of aromatic nitrogens is 2. The van der Waals surface area contributed by atoms with Gasteiger partial charge in [-0.05, 0) is 31.9 Å². The first-order valence-electron chi connectivity index (χ1n) is 9.03. The number of hydrogen-bond acceptors (Lipinski definition) is 8. The Morgan fingerprint density at radius 2 is 1.97 bits per heavy atom. The second-order valence-corrected chi connectivity index (χ2v) is 6.46. The van der Waals surface area contributed by atoms with Crippen LogP contribution in [-0.2, 0) is 9.53 Å². The number of benzene rings is 1. The number of nitrogens with zero attached hydrogens (tertiary/aromatic N) is 4. The molecule has 1 aromatic carbocycles. The van der Waals surface area contributed by atoms with Crippen molar-refractivity contribution in [3.63, 3.8) is 0 Å². The van der Waals surface area contributed by atoms with Crippen LogP contribution in [0.25, 0.3) is 0 Å². The average Bonchev–Trinajstić information content (AvgIpc) is 2.67. The molecule has 1 fully saturated rings. The number of anilines is 3. The monoisotopic (exact) mass is 407 g/mol. The average molecular weight is 407 g/mol. The molecular formula is C18H19F2N5O4. The Morgan fingerprint density at radius 3 is 2.55 bits per heavy atom. The molecule has 2 heterocycles. The summed E-state index contributed by atoms with van der Waals surface area (Å²) in [4.78, 5) is 32.5. The van der Waals surface area contributed by atoms with Crippen LogP contribution in [0.5, 0.6) is 0 Å². The molecule has 1 aliphatic heterocycles. The van der Waals surface area contributed by atoms with Crippen molar-refractivity contribution in [2.45, 2.75) is 19.8 Å². The van der Waals surface area contributed by atoms with Crippen LogP contribution in [0.3, 0.4) is 0 Å². The second kappa shape index (κ2) is 8.76. The van der Waals surface area contributed by atoms with Crippen LogP contribution in [0.4, 0.5) is 31.9 Å². The molecule has 1 aromatic heterocycles. The molecule has 3 rings (SSSR count). The summed E-state index contributed by atoms with van der Waals surface area (Å²) in [6, 6.07) is 2.69. The van der Waals surface area contributed by atoms with Crippen molar-refractivity contribution in [1.29, 1.82) is 0 Å². The SMILES string of the molecule is CCOC(=O)C1CCN(c2ncc([N+](=O)[O-])c(Nc3cc(F)cc(F)c3)n2)CC1. The predicted octanol–water partition coefficient (Wildman–Crippen LogP) is 3.19. The van der Waals surface area contributed by atoms with Crippen LogP contribution in [0.2, 0.25) is 0 Å². The van der Waals surface area contributed by atoms with Crippen molar-refractivity contribution in [3.05, 3.63) is 46.1 Å². The quantitative estimate of drug-likeness (QED) is 0.442. The maximum atomic E-state index is 13.4. The van der Waals surface area contributed by atoms with Gasteiger partial charge in [-0.25, -0.2) is 13.8 Å². The number of hydrogen-bond donors (Lipinski definition) is 1. The third-order valence-corrected chi connectivity index (χ3v) is 4.48. The molecule has 1 aliphatic rings. The number of rotatable bonds is 6. The first-order chi connectivity index (χ1) is 13.9. The first kappa shape index (κ1) is 20.4. The minimum absolute atomic E-state index is 0.0173. The Labute approximate surface area is 164 Å². The fraction of sp³-hybridized carbons (Fsp3) is 0.389. The van der Waals surface area contributed by atoms with Crippen LogP contribution in [0.1, 0.15) is 19.8 Å². The van der Waals surface area contributed by atoms with Crippen LogP contribution in [-0.4, -0.2) is 40.6 Å². The number of nitro groups is 1. The molecule has 0 radical (unpaired) electrons. The lowest BCUT2D eigenvalue weighted by molar-refractivity contribution is -0.384. The van der Waals surface area contributed by atoms with Crippen LogP contribution < -0.4 is 10.2 Å². The molecule has 9 nitrogen and oxygen atoms in total. The van der Waals surface area contributed by atoms with Gasteiger partial charge in [-0.15, -0.1) is 0 Å². The summed E-state index contributed by atoms with van der Waals surface area (Å²) in [6.07, 6.45) is 2.12. The number of piperidine rings is 1. The lowest BCUT2D eigenvalue weighted by atomic mass is 9.97. The molecule has 11 heteroatoms. The maximum Gasteiger partial charge on any atom is 0.329 e. The normalized spacial score (nSPS) is 14.5. The Morgan fingerprint density at radius 1 is 1.31 bits per heavy atom. The molecule has 1 saturated heterocycles. The molecule has 0 amide bonds. The third kappa shape index (κ3) is 4.92. The molecule has 0 aliphatic carbocycles. The molecule has 29 heavy (non-hydrogen) atoms. The van der Waals surface area contributed by atoms with E-state index in [4.69, 9.17) is 4.74 Å². The van der Waals surface area contributed by atoms with Crippen molar-refractivity contribution < 1.29 is 23.2 Å². The van der Waals surface area contributed by atoms with E-state index in [9.17, 15) is 23.7 Å². The Balaban J connectivity index is 1.80. The van der Waals surface area contributed by atoms with Gasteiger partial charge in [-0.3, -0.25) is 14.9 Å². The van der Waals surface area contributed by atoms with Crippen LogP contribution >= 0.6 is 0 Å². The van der Waals surface area contributed by atoms with Gasteiger partial charge in [-0.2, -0.15) is 4.98 Å². The van der Waals surface area contributed by atoms with E-state index >= 15 is 0 Å². The zero-order valence-electron chi connectivity index (χ0n) is 15.6. The summed E-state index contributed by atoms with van der Waals surface area (Å²) in [6.45, 7) is 3.00. The fourth-order valence-electron chi connectivity index (χ4n) is 3.08. The summed E-state index contributed by atoms with van der Waals surface area (Å²) < 4.78 is 31.9. The number of nitrogens with one attached hydrogen (secondary N) is 1. The first-order valence-corrected chi connectivity index (χ1v) is 9.03. The minimum Gasteiger partial charge on any atom is -0.466 e. The van der Waals surface area contributed by atoms with E-state index in [0.29, 0.717) is 38.6 Å².